The van der Waals surface area contributed by atoms with Crippen molar-refractivity contribution in [3.05, 3.63) is 58.5 Å². The van der Waals surface area contributed by atoms with E-state index in [0.29, 0.717) is 5.56 Å². The van der Waals surface area contributed by atoms with Gasteiger partial charge < -0.3 is 0 Å². The fourth-order valence-corrected chi connectivity index (χ4v) is 5.10. The Labute approximate surface area is 152 Å². The van der Waals surface area contributed by atoms with Crippen molar-refractivity contribution in [2.45, 2.75) is 13.0 Å². The van der Waals surface area contributed by atoms with Gasteiger partial charge >= 0.3 is 0 Å². The van der Waals surface area contributed by atoms with Crippen molar-refractivity contribution < 1.29 is 4.79 Å². The third-order valence-electron chi connectivity index (χ3n) is 3.07. The molecule has 1 atom stereocenters. The molecule has 1 saturated heterocycles. The van der Waals surface area contributed by atoms with Crippen LogP contribution in [0.2, 0.25) is 0 Å². The molecule has 1 aliphatic carbocycles. The van der Waals surface area contributed by atoms with Crippen LogP contribution in [-0.4, -0.2) is 15.8 Å². The number of hydrogen-bond acceptors (Lipinski definition) is 9. The second kappa shape index (κ2) is 8.49. The van der Waals surface area contributed by atoms with Crippen LogP contribution in [0.1, 0.15) is 15.9 Å². The molecule has 1 fully saturated rings. The first-order chi connectivity index (χ1) is 11.2. The third kappa shape index (κ3) is 4.70. The number of hydrogen-bond donors (Lipinski definition) is 4. The molecule has 1 aromatic carbocycles. The van der Waals surface area contributed by atoms with E-state index in [4.69, 9.17) is 0 Å². The Morgan fingerprint density at radius 3 is 3.00 bits per heavy atom. The van der Waals surface area contributed by atoms with Crippen LogP contribution in [0.5, 0.6) is 0 Å². The van der Waals surface area contributed by atoms with Gasteiger partial charge in [0.25, 0.3) is 5.91 Å². The van der Waals surface area contributed by atoms with E-state index < -0.39 is 0 Å². The summed E-state index contributed by atoms with van der Waals surface area (Å²) in [4.78, 5) is 13.6. The minimum absolute atomic E-state index is 0.120. The van der Waals surface area contributed by atoms with Crippen molar-refractivity contribution in [3.8, 4) is 0 Å². The topological polar surface area (TPSA) is 68.4 Å². The highest BCUT2D eigenvalue weighted by Crippen LogP contribution is 2.32. The SMILES string of the molecule is Cc1ccccc1C(=O)NN1SNSNSN[C@H]2C=CC=C2S1. The molecule has 23 heavy (non-hydrogen) atoms. The maximum absolute atomic E-state index is 12.5. The Morgan fingerprint density at radius 2 is 2.13 bits per heavy atom. The number of aryl methyl sites for hydroxylation is 1. The second-order valence-electron chi connectivity index (χ2n) is 4.62. The highest BCUT2D eigenvalue weighted by Gasteiger charge is 2.22. The Bertz CT molecular complexity index is 639. The Kier molecular flexibility index (Phi) is 6.36. The standard InChI is InChI=1S/C13H15N5OS4/c1-9-5-2-3-6-10(9)13(19)14-18-20-12-8-4-7-11(12)15-21-16-22-17-23-18/h2-8,11,15-17H,1H3,(H,14,19)/t11-/m0/s1. The van der Waals surface area contributed by atoms with Crippen LogP contribution in [0.3, 0.4) is 0 Å². The first-order valence-electron chi connectivity index (χ1n) is 6.71. The molecule has 122 valence electrons. The molecule has 0 bridgehead atoms. The van der Waals surface area contributed by atoms with Crippen LogP contribution in [0.15, 0.2) is 47.4 Å². The van der Waals surface area contributed by atoms with E-state index in [1.807, 2.05) is 43.3 Å². The van der Waals surface area contributed by atoms with Gasteiger partial charge in [-0.3, -0.25) is 10.2 Å². The Balaban J connectivity index is 1.69. The van der Waals surface area contributed by atoms with Gasteiger partial charge in [0, 0.05) is 34.7 Å². The number of nitrogens with zero attached hydrogens (tertiary/aromatic N) is 1. The molecule has 0 unspecified atom stereocenters. The summed E-state index contributed by atoms with van der Waals surface area (Å²) in [6.07, 6.45) is 6.11. The summed E-state index contributed by atoms with van der Waals surface area (Å²) in [6, 6.07) is 7.66. The van der Waals surface area contributed by atoms with E-state index in [0.717, 1.165) is 10.5 Å². The third-order valence-corrected chi connectivity index (χ3v) is 6.30. The van der Waals surface area contributed by atoms with Gasteiger partial charge in [0.15, 0.2) is 0 Å². The zero-order chi connectivity index (χ0) is 16.1. The van der Waals surface area contributed by atoms with Crippen LogP contribution in [-0.2, 0) is 0 Å². The van der Waals surface area contributed by atoms with Gasteiger partial charge in [-0.05, 0) is 36.6 Å². The summed E-state index contributed by atoms with van der Waals surface area (Å²) in [5.74, 6) is -0.134. The lowest BCUT2D eigenvalue weighted by molar-refractivity contribution is 0.0922. The smallest absolute Gasteiger partial charge is 0.267 e. The molecule has 1 aliphatic heterocycles. The summed E-state index contributed by atoms with van der Waals surface area (Å²) in [6.45, 7) is 1.93. The summed E-state index contributed by atoms with van der Waals surface area (Å²) in [7, 11) is 0. The molecule has 1 amide bonds. The molecule has 0 aromatic heterocycles. The van der Waals surface area contributed by atoms with Gasteiger partial charge in [-0.25, -0.2) is 4.72 Å². The first kappa shape index (κ1) is 17.2. The van der Waals surface area contributed by atoms with Crippen LogP contribution in [0.25, 0.3) is 0 Å². The molecule has 0 spiro atoms. The highest BCUT2D eigenvalue weighted by molar-refractivity contribution is 8.21. The largest absolute Gasteiger partial charge is 0.268 e. The number of fused-ring (bicyclic) bond motifs is 1. The van der Waals surface area contributed by atoms with Gasteiger partial charge in [0.1, 0.15) is 0 Å². The quantitative estimate of drug-likeness (QED) is 0.575. The average molecular weight is 386 g/mol. The molecule has 6 nitrogen and oxygen atoms in total. The van der Waals surface area contributed by atoms with Crippen LogP contribution in [0, 0.1) is 6.92 Å². The molecule has 0 radical (unpaired) electrons. The van der Waals surface area contributed by atoms with Crippen molar-refractivity contribution in [1.82, 2.24) is 22.2 Å². The summed E-state index contributed by atoms with van der Waals surface area (Å²) < 4.78 is 11.1. The zero-order valence-electron chi connectivity index (χ0n) is 12.1. The lowest BCUT2D eigenvalue weighted by atomic mass is 10.1. The minimum Gasteiger partial charge on any atom is -0.268 e. The van der Waals surface area contributed by atoms with E-state index in [-0.39, 0.29) is 11.9 Å². The predicted octanol–water partition coefficient (Wildman–Crippen LogP) is 2.88. The van der Waals surface area contributed by atoms with Crippen LogP contribution >= 0.6 is 48.3 Å². The van der Waals surface area contributed by atoms with E-state index >= 15 is 0 Å². The molecule has 1 heterocycles. The fourth-order valence-electron chi connectivity index (χ4n) is 1.95. The molecule has 1 aromatic rings. The zero-order valence-corrected chi connectivity index (χ0v) is 15.4. The summed E-state index contributed by atoms with van der Waals surface area (Å²) in [5.41, 5.74) is 4.53. The maximum Gasteiger partial charge on any atom is 0.267 e. The fraction of sp³-hybridized carbons (Fsp3) is 0.154. The monoisotopic (exact) mass is 385 g/mol. The molecule has 4 N–H and O–H groups in total. The van der Waals surface area contributed by atoms with E-state index in [1.165, 1.54) is 48.3 Å². The van der Waals surface area contributed by atoms with Crippen molar-refractivity contribution in [3.63, 3.8) is 0 Å². The summed E-state index contributed by atoms with van der Waals surface area (Å²) in [5, 5.41) is 0. The Morgan fingerprint density at radius 1 is 1.26 bits per heavy atom. The maximum atomic E-state index is 12.5. The van der Waals surface area contributed by atoms with Crippen molar-refractivity contribution in [1.29, 1.82) is 0 Å². The normalized spacial score (nSPS) is 22.3. The first-order valence-corrected chi connectivity index (χ1v) is 9.89. The summed E-state index contributed by atoms with van der Waals surface area (Å²) >= 11 is 5.52. The number of rotatable bonds is 2. The highest BCUT2D eigenvalue weighted by atomic mass is 32.3. The Hall–Kier alpha value is -0.590. The van der Waals surface area contributed by atoms with E-state index in [2.05, 4.69) is 24.5 Å². The minimum atomic E-state index is -0.134. The number of amides is 1. The van der Waals surface area contributed by atoms with Crippen molar-refractivity contribution >= 4 is 54.3 Å². The molecule has 3 rings (SSSR count). The molecule has 0 saturated carbocycles. The van der Waals surface area contributed by atoms with E-state index in [9.17, 15) is 4.79 Å². The molecular weight excluding hydrogens is 370 g/mol. The van der Waals surface area contributed by atoms with E-state index in [1.54, 1.807) is 3.82 Å². The molecular formula is C13H15N5OS4. The average Bonchev–Trinajstić information content (AvgIpc) is 2.98. The molecule has 2 aliphatic rings. The van der Waals surface area contributed by atoms with Crippen LogP contribution < -0.4 is 18.4 Å². The van der Waals surface area contributed by atoms with Gasteiger partial charge in [-0.2, -0.15) is 8.25 Å². The van der Waals surface area contributed by atoms with Crippen molar-refractivity contribution in [2.24, 2.45) is 0 Å². The van der Waals surface area contributed by atoms with Crippen LogP contribution in [0.4, 0.5) is 0 Å². The number of carbonyl (C=O) groups is 1. The number of allylic oxidation sites excluding steroid dienone is 2. The lowest BCUT2D eigenvalue weighted by Gasteiger charge is -2.24. The lowest BCUT2D eigenvalue weighted by Crippen LogP contribution is -2.36. The van der Waals surface area contributed by atoms with Gasteiger partial charge in [0.2, 0.25) is 0 Å². The predicted molar refractivity (Wildman–Crippen MR) is 101 cm³/mol. The van der Waals surface area contributed by atoms with Gasteiger partial charge in [0.05, 0.1) is 18.2 Å². The number of carbonyl (C=O) groups excluding carboxylic acids is 1. The van der Waals surface area contributed by atoms with Gasteiger partial charge in [-0.15, -0.1) is 0 Å². The van der Waals surface area contributed by atoms with Gasteiger partial charge in [-0.1, -0.05) is 34.2 Å². The number of benzene rings is 1. The molecule has 10 heteroatoms. The number of hydrazine groups is 1. The van der Waals surface area contributed by atoms with Crippen molar-refractivity contribution in [2.75, 3.05) is 0 Å². The number of nitrogens with one attached hydrogen (secondary N) is 4. The second-order valence-corrected chi connectivity index (χ2v) is 8.39.